The predicted molar refractivity (Wildman–Crippen MR) is 28.0 cm³/mol. The van der Waals surface area contributed by atoms with Crippen LogP contribution in [0.3, 0.4) is 0 Å². The summed E-state index contributed by atoms with van der Waals surface area (Å²) in [5.74, 6) is -0.657. The summed E-state index contributed by atoms with van der Waals surface area (Å²) < 4.78 is 0. The number of carbonyl (C=O) groups excluding carboxylic acids is 2. The third-order valence-corrected chi connectivity index (χ3v) is 0.632. The molecule has 0 saturated carbocycles. The number of nitrogens with one attached hydrogen (secondary N) is 1. The zero-order valence-corrected chi connectivity index (χ0v) is 7.86. The molecule has 0 bridgehead atoms. The summed E-state index contributed by atoms with van der Waals surface area (Å²) >= 11 is 0. The van der Waals surface area contributed by atoms with Crippen LogP contribution in [-0.2, 0) is 9.59 Å². The van der Waals surface area contributed by atoms with Crippen molar-refractivity contribution in [3.8, 4) is 0 Å². The predicted octanol–water partition coefficient (Wildman–Crippen LogP) is -1.18. The normalized spacial score (nSPS) is 15.5. The van der Waals surface area contributed by atoms with E-state index in [-0.39, 0.29) is 39.1 Å². The second kappa shape index (κ2) is 2.96. The van der Waals surface area contributed by atoms with Crippen LogP contribution in [0, 0.1) is 0 Å². The van der Waals surface area contributed by atoms with Crippen molar-refractivity contribution < 1.29 is 9.59 Å². The van der Waals surface area contributed by atoms with Crippen molar-refractivity contribution in [2.75, 3.05) is 0 Å². The number of hydrogen-bond acceptors (Lipinski definition) is 2. The molecule has 1 N–H and O–H groups in total. The molecule has 0 atom stereocenters. The molecule has 0 aromatic carbocycles. The van der Waals surface area contributed by atoms with Crippen molar-refractivity contribution in [1.29, 1.82) is 0 Å². The third kappa shape index (κ3) is 1.73. The average Bonchev–Trinajstić information content (AvgIpc) is 1.87. The summed E-state index contributed by atoms with van der Waals surface area (Å²) in [6.07, 6.45) is 2.39. The van der Waals surface area contributed by atoms with E-state index in [1.807, 2.05) is 5.32 Å². The van der Waals surface area contributed by atoms with Gasteiger partial charge in [-0.05, 0) is 0 Å². The quantitative estimate of drug-likeness (QED) is 0.452. The van der Waals surface area contributed by atoms with Crippen LogP contribution in [-0.4, -0.2) is 39.1 Å². The smallest absolute Gasteiger partial charge is 0.250 e. The van der Waals surface area contributed by atoms with Gasteiger partial charge in [0.25, 0.3) is 11.8 Å². The van der Waals surface area contributed by atoms with Crippen molar-refractivity contribution >= 4 is 39.1 Å². The Morgan fingerprint density at radius 2 is 1.50 bits per heavy atom. The first kappa shape index (κ1) is 7.80. The van der Waals surface area contributed by atoms with Gasteiger partial charge in [0.1, 0.15) is 0 Å². The van der Waals surface area contributed by atoms with Crippen LogP contribution in [0.25, 0.3) is 0 Å². The van der Waals surface area contributed by atoms with Crippen LogP contribution < -0.4 is 5.32 Å². The van der Waals surface area contributed by atoms with E-state index in [1.165, 1.54) is 12.2 Å². The maximum absolute atomic E-state index is 10.0. The number of rotatable bonds is 0. The first-order chi connectivity index (χ1) is 3.29. The zero-order chi connectivity index (χ0) is 5.28. The van der Waals surface area contributed by atoms with Gasteiger partial charge in [-0.2, -0.15) is 0 Å². The van der Waals surface area contributed by atoms with Gasteiger partial charge >= 0.3 is 0 Å². The summed E-state index contributed by atoms with van der Waals surface area (Å²) in [6, 6.07) is 0. The minimum Gasteiger partial charge on any atom is -0.289 e. The Balaban J connectivity index is 0.000000490. The molecule has 0 aromatic rings. The molecule has 1 aliphatic rings. The minimum absolute atomic E-state index is 0. The molecule has 0 saturated heterocycles. The van der Waals surface area contributed by atoms with Crippen LogP contribution in [0.2, 0.25) is 0 Å². The van der Waals surface area contributed by atoms with Crippen LogP contribution in [0.1, 0.15) is 0 Å². The van der Waals surface area contributed by atoms with E-state index in [2.05, 4.69) is 0 Å². The molecule has 0 aromatic heterocycles. The van der Waals surface area contributed by atoms with E-state index in [1.54, 1.807) is 0 Å². The van der Waals surface area contributed by atoms with Gasteiger partial charge in [0.2, 0.25) is 0 Å². The largest absolute Gasteiger partial charge is 0.289 e. The molecule has 1 heterocycles. The van der Waals surface area contributed by atoms with Gasteiger partial charge < -0.3 is 0 Å². The second-order valence-corrected chi connectivity index (χ2v) is 1.19. The summed E-state index contributed by atoms with van der Waals surface area (Å²) in [4.78, 5) is 20.1. The minimum atomic E-state index is -0.329. The van der Waals surface area contributed by atoms with Crippen molar-refractivity contribution in [1.82, 2.24) is 5.32 Å². The van der Waals surface area contributed by atoms with Crippen LogP contribution in [0.15, 0.2) is 12.2 Å². The molecule has 1 aliphatic heterocycles. The summed E-state index contributed by atoms with van der Waals surface area (Å²) in [5.41, 5.74) is 0. The van der Waals surface area contributed by atoms with E-state index in [0.717, 1.165) is 0 Å². The van der Waals surface area contributed by atoms with Crippen molar-refractivity contribution in [2.24, 2.45) is 0 Å². The van der Waals surface area contributed by atoms with Gasteiger partial charge in [0.05, 0.1) is 0 Å². The number of hydrogen-bond donors (Lipinski definition) is 1. The number of imide groups is 1. The molecule has 0 aliphatic carbocycles. The fourth-order valence-electron chi connectivity index (χ4n) is 0.356. The molecule has 3 nitrogen and oxygen atoms in total. The van der Waals surface area contributed by atoms with Gasteiger partial charge in [0.15, 0.2) is 0 Å². The summed E-state index contributed by atoms with van der Waals surface area (Å²) in [5, 5.41) is 2.03. The van der Waals surface area contributed by atoms with E-state index in [9.17, 15) is 9.59 Å². The molecule has 4 heteroatoms. The molecular weight excluding hydrogens is 301 g/mol. The van der Waals surface area contributed by atoms with E-state index >= 15 is 0 Å². The standard InChI is InChI=1S/C4H3NO2.Pb/c6-3-1-2-4(7)5-3;/h1-2H,(H,5,6,7);. The zero-order valence-electron chi connectivity index (χ0n) is 3.97. The van der Waals surface area contributed by atoms with Gasteiger partial charge in [0, 0.05) is 39.5 Å². The average molecular weight is 304 g/mol. The van der Waals surface area contributed by atoms with Crippen molar-refractivity contribution in [2.45, 2.75) is 0 Å². The topological polar surface area (TPSA) is 46.2 Å². The SMILES string of the molecule is O=C1C=CC(=O)N1.[Pb]. The molecule has 0 spiro atoms. The van der Waals surface area contributed by atoms with Gasteiger partial charge in [-0.25, -0.2) is 0 Å². The van der Waals surface area contributed by atoms with Crippen molar-refractivity contribution in [3.63, 3.8) is 0 Å². The van der Waals surface area contributed by atoms with Crippen LogP contribution >= 0.6 is 0 Å². The van der Waals surface area contributed by atoms with Crippen LogP contribution in [0.4, 0.5) is 0 Å². The van der Waals surface area contributed by atoms with Gasteiger partial charge in [-0.1, -0.05) is 0 Å². The molecule has 2 amide bonds. The van der Waals surface area contributed by atoms with Gasteiger partial charge in [-0.15, -0.1) is 0 Å². The third-order valence-electron chi connectivity index (χ3n) is 0.632. The summed E-state index contributed by atoms with van der Waals surface area (Å²) in [7, 11) is 0. The fourth-order valence-corrected chi connectivity index (χ4v) is 0.356. The van der Waals surface area contributed by atoms with E-state index in [4.69, 9.17) is 0 Å². The Kier molecular flexibility index (Phi) is 2.88. The van der Waals surface area contributed by atoms with Crippen LogP contribution in [0.5, 0.6) is 0 Å². The Morgan fingerprint density at radius 3 is 1.62 bits per heavy atom. The van der Waals surface area contributed by atoms with Gasteiger partial charge in [-0.3, -0.25) is 14.9 Å². The molecule has 8 heavy (non-hydrogen) atoms. The monoisotopic (exact) mass is 305 g/mol. The maximum atomic E-state index is 10.0. The molecule has 40 valence electrons. The van der Waals surface area contributed by atoms with Crippen molar-refractivity contribution in [3.05, 3.63) is 12.2 Å². The number of carbonyl (C=O) groups is 2. The molecular formula is C4H3NO2Pb. The molecule has 1 rings (SSSR count). The summed E-state index contributed by atoms with van der Waals surface area (Å²) in [6.45, 7) is 0. The molecule has 0 unspecified atom stereocenters. The Labute approximate surface area is 66.3 Å². The molecule has 0 fully saturated rings. The first-order valence-electron chi connectivity index (χ1n) is 1.82. The maximum Gasteiger partial charge on any atom is 0.250 e. The second-order valence-electron chi connectivity index (χ2n) is 1.19. The van der Waals surface area contributed by atoms with E-state index in [0.29, 0.717) is 0 Å². The van der Waals surface area contributed by atoms with E-state index < -0.39 is 0 Å². The molecule has 4 radical (unpaired) electrons. The number of amides is 2. The Hall–Kier alpha value is -0.198. The fraction of sp³-hybridized carbons (Fsp3) is 0. The first-order valence-corrected chi connectivity index (χ1v) is 1.82. The Morgan fingerprint density at radius 1 is 1.12 bits per heavy atom. The Bertz CT molecular complexity index is 136.